The number of aliphatic imine (C=N–C) groups is 1. The number of ether oxygens (including phenoxy) is 1. The maximum atomic E-state index is 12.0. The lowest BCUT2D eigenvalue weighted by Gasteiger charge is -2.31. The highest BCUT2D eigenvalue weighted by Gasteiger charge is 2.38. The average molecular weight is 299 g/mol. The van der Waals surface area contributed by atoms with E-state index in [1.54, 1.807) is 27.7 Å². The minimum absolute atomic E-state index is 0.0792. The number of nitrogens with two attached hydrogens (primary N) is 2. The van der Waals surface area contributed by atoms with E-state index in [4.69, 9.17) is 21.4 Å². The second-order valence-electron chi connectivity index (χ2n) is 6.56. The first kappa shape index (κ1) is 17.1. The van der Waals surface area contributed by atoms with Crippen LogP contribution in [0.4, 0.5) is 4.79 Å². The minimum atomic E-state index is -0.904. The van der Waals surface area contributed by atoms with Gasteiger partial charge < -0.3 is 26.7 Å². The second kappa shape index (κ2) is 6.19. The molecule has 8 nitrogen and oxygen atoms in total. The molecule has 120 valence electrons. The van der Waals surface area contributed by atoms with Crippen molar-refractivity contribution in [1.29, 1.82) is 0 Å². The van der Waals surface area contributed by atoms with Crippen LogP contribution in [-0.2, 0) is 4.74 Å². The number of rotatable bonds is 4. The number of hydrogen-bond donors (Lipinski definition) is 4. The molecule has 6 N–H and O–H groups in total. The van der Waals surface area contributed by atoms with Crippen LogP contribution in [0.2, 0.25) is 0 Å². The Balaban J connectivity index is 2.87. The highest BCUT2D eigenvalue weighted by molar-refractivity contribution is 6.00. The fourth-order valence-electron chi connectivity index (χ4n) is 1.92. The third kappa shape index (κ3) is 5.88. The lowest BCUT2D eigenvalue weighted by molar-refractivity contribution is 0.0485. The number of guanidine groups is 1. The molecule has 0 heterocycles. The number of oxime groups is 1. The van der Waals surface area contributed by atoms with E-state index in [0.29, 0.717) is 12.3 Å². The van der Waals surface area contributed by atoms with E-state index in [1.165, 1.54) is 0 Å². The highest BCUT2D eigenvalue weighted by atomic mass is 16.6. The lowest BCUT2D eigenvalue weighted by Crippen LogP contribution is -2.57. The maximum Gasteiger partial charge on any atom is 0.408 e. The van der Waals surface area contributed by atoms with Gasteiger partial charge in [-0.2, -0.15) is 4.99 Å². The molecule has 0 aliphatic heterocycles. The van der Waals surface area contributed by atoms with Crippen molar-refractivity contribution < 1.29 is 14.7 Å². The van der Waals surface area contributed by atoms with Gasteiger partial charge in [-0.1, -0.05) is 12.8 Å². The first-order valence-corrected chi connectivity index (χ1v) is 6.89. The third-order valence-corrected chi connectivity index (χ3v) is 3.07. The second-order valence-corrected chi connectivity index (χ2v) is 6.56. The fraction of sp³-hybridized carbons (Fsp3) is 0.769. The van der Waals surface area contributed by atoms with Crippen molar-refractivity contribution in [3.05, 3.63) is 0 Å². The van der Waals surface area contributed by atoms with Gasteiger partial charge in [0.05, 0.1) is 5.54 Å². The summed E-state index contributed by atoms with van der Waals surface area (Å²) in [6.45, 7) is 7.08. The van der Waals surface area contributed by atoms with E-state index in [2.05, 4.69) is 15.5 Å². The van der Waals surface area contributed by atoms with Crippen LogP contribution < -0.4 is 16.8 Å². The smallest absolute Gasteiger partial charge is 0.408 e. The summed E-state index contributed by atoms with van der Waals surface area (Å²) in [5.74, 6) is 0.196. The Kier molecular flexibility index (Phi) is 5.03. The van der Waals surface area contributed by atoms with Crippen LogP contribution in [0.5, 0.6) is 0 Å². The molecule has 8 heteroatoms. The Morgan fingerprint density at radius 2 is 1.90 bits per heavy atom. The van der Waals surface area contributed by atoms with Gasteiger partial charge in [0.1, 0.15) is 11.4 Å². The number of hydrogen-bond acceptors (Lipinski definition) is 4. The van der Waals surface area contributed by atoms with Crippen LogP contribution in [-0.4, -0.2) is 34.2 Å². The standard InChI is InChI=1S/C13H25N5O3/c1-12(2,3)21-11(19)17-13(4,7-8-5-6-8)9(14)16-10(15)18-20/h8,20H,5-7H2,1-4H3,(H,17,19)(H4,14,15,16,18). The molecule has 1 fully saturated rings. The van der Waals surface area contributed by atoms with Crippen LogP contribution in [0, 0.1) is 5.92 Å². The largest absolute Gasteiger partial charge is 0.444 e. The molecule has 1 aliphatic carbocycles. The van der Waals surface area contributed by atoms with Gasteiger partial charge in [-0.25, -0.2) is 4.79 Å². The molecular formula is C13H25N5O3. The van der Waals surface area contributed by atoms with Gasteiger partial charge in [0, 0.05) is 0 Å². The average Bonchev–Trinajstić information content (AvgIpc) is 3.09. The molecular weight excluding hydrogens is 274 g/mol. The summed E-state index contributed by atoms with van der Waals surface area (Å²) in [4.78, 5) is 15.8. The number of nitrogens with one attached hydrogen (secondary N) is 1. The molecule has 1 unspecified atom stereocenters. The highest BCUT2D eigenvalue weighted by Crippen LogP contribution is 2.37. The Hall–Kier alpha value is -1.99. The van der Waals surface area contributed by atoms with Crippen LogP contribution in [0.3, 0.4) is 0 Å². The number of carbonyl (C=O) groups excluding carboxylic acids is 1. The van der Waals surface area contributed by atoms with Crippen molar-refractivity contribution >= 4 is 17.9 Å². The van der Waals surface area contributed by atoms with Crippen LogP contribution in [0.25, 0.3) is 0 Å². The van der Waals surface area contributed by atoms with E-state index >= 15 is 0 Å². The zero-order valence-electron chi connectivity index (χ0n) is 13.0. The summed E-state index contributed by atoms with van der Waals surface area (Å²) in [7, 11) is 0. The van der Waals surface area contributed by atoms with Crippen molar-refractivity contribution in [1.82, 2.24) is 5.32 Å². The Bertz CT molecular complexity index is 451. The molecule has 1 atom stereocenters. The number of amidine groups is 1. The van der Waals surface area contributed by atoms with E-state index in [1.807, 2.05) is 0 Å². The molecule has 1 rings (SSSR count). The predicted octanol–water partition coefficient (Wildman–Crippen LogP) is 1.13. The van der Waals surface area contributed by atoms with Crippen molar-refractivity contribution in [2.45, 2.75) is 58.1 Å². The van der Waals surface area contributed by atoms with Gasteiger partial charge in [-0.15, -0.1) is 0 Å². The fourth-order valence-corrected chi connectivity index (χ4v) is 1.92. The normalized spacial score (nSPS) is 19.8. The molecule has 1 amide bonds. The zero-order chi connectivity index (χ0) is 16.3. The Morgan fingerprint density at radius 3 is 2.33 bits per heavy atom. The van der Waals surface area contributed by atoms with Crippen LogP contribution in [0.15, 0.2) is 10.1 Å². The number of alkyl carbamates (subject to hydrolysis) is 1. The topological polar surface area (TPSA) is 135 Å². The van der Waals surface area contributed by atoms with Crippen molar-refractivity contribution in [2.75, 3.05) is 0 Å². The SMILES string of the molecule is CC(C)(C)OC(=O)NC(C)(CC1CC1)/C(N)=N/C(N)=N/O. The summed E-state index contributed by atoms with van der Waals surface area (Å²) in [6, 6.07) is 0. The molecule has 0 aromatic heterocycles. The van der Waals surface area contributed by atoms with E-state index in [9.17, 15) is 4.79 Å². The van der Waals surface area contributed by atoms with Crippen LogP contribution >= 0.6 is 0 Å². The number of nitrogens with zero attached hydrogens (tertiary/aromatic N) is 2. The number of carbonyl (C=O) groups is 1. The van der Waals surface area contributed by atoms with Gasteiger partial charge in [0.25, 0.3) is 5.96 Å². The van der Waals surface area contributed by atoms with Crippen LogP contribution in [0.1, 0.15) is 47.0 Å². The first-order valence-electron chi connectivity index (χ1n) is 6.89. The molecule has 1 aliphatic rings. The van der Waals surface area contributed by atoms with Crippen molar-refractivity contribution in [3.63, 3.8) is 0 Å². The molecule has 0 saturated heterocycles. The summed E-state index contributed by atoms with van der Waals surface area (Å²) in [5, 5.41) is 14.1. The summed E-state index contributed by atoms with van der Waals surface area (Å²) >= 11 is 0. The van der Waals surface area contributed by atoms with Gasteiger partial charge in [-0.05, 0) is 45.2 Å². The predicted molar refractivity (Wildman–Crippen MR) is 80.1 cm³/mol. The van der Waals surface area contributed by atoms with Gasteiger partial charge >= 0.3 is 6.09 Å². The first-order chi connectivity index (χ1) is 9.55. The molecule has 1 saturated carbocycles. The monoisotopic (exact) mass is 299 g/mol. The molecule has 21 heavy (non-hydrogen) atoms. The quantitative estimate of drug-likeness (QED) is 0.267. The summed E-state index contributed by atoms with van der Waals surface area (Å²) in [6.07, 6.45) is 2.22. The van der Waals surface area contributed by atoms with Gasteiger partial charge in [-0.3, -0.25) is 0 Å². The van der Waals surface area contributed by atoms with E-state index in [-0.39, 0.29) is 11.8 Å². The van der Waals surface area contributed by atoms with Gasteiger partial charge in [0.15, 0.2) is 0 Å². The Morgan fingerprint density at radius 1 is 1.33 bits per heavy atom. The maximum absolute atomic E-state index is 12.0. The molecule has 0 radical (unpaired) electrons. The zero-order valence-corrected chi connectivity index (χ0v) is 13.0. The molecule has 0 bridgehead atoms. The van der Waals surface area contributed by atoms with Gasteiger partial charge in [0.2, 0.25) is 0 Å². The van der Waals surface area contributed by atoms with E-state index in [0.717, 1.165) is 12.8 Å². The summed E-state index contributed by atoms with van der Waals surface area (Å²) in [5.41, 5.74) is 9.75. The molecule has 0 aromatic carbocycles. The number of amides is 1. The Labute approximate surface area is 124 Å². The molecule has 0 spiro atoms. The van der Waals surface area contributed by atoms with Crippen molar-refractivity contribution in [2.24, 2.45) is 27.5 Å². The lowest BCUT2D eigenvalue weighted by atomic mass is 9.93. The summed E-state index contributed by atoms with van der Waals surface area (Å²) < 4.78 is 5.25. The third-order valence-electron chi connectivity index (χ3n) is 3.07. The molecule has 0 aromatic rings. The minimum Gasteiger partial charge on any atom is -0.444 e. The van der Waals surface area contributed by atoms with E-state index < -0.39 is 17.2 Å². The van der Waals surface area contributed by atoms with Crippen molar-refractivity contribution in [3.8, 4) is 0 Å².